The molecule has 164 valence electrons. The number of likely N-dealkylation sites (tertiary alicyclic amines) is 1. The molecule has 4 heteroatoms. The molecule has 1 amide bonds. The third-order valence-electron chi connectivity index (χ3n) is 6.04. The van der Waals surface area contributed by atoms with Crippen LogP contribution in [0.3, 0.4) is 0 Å². The topological polar surface area (TPSA) is 57.6 Å². The zero-order valence-corrected chi connectivity index (χ0v) is 19.0. The van der Waals surface area contributed by atoms with E-state index in [2.05, 4.69) is 20.8 Å². The molecular weight excluding hydrogens is 386 g/mol. The molecule has 1 fully saturated rings. The molecule has 1 N–H and O–H groups in total. The fraction of sp³-hybridized carbons (Fsp3) is 0.407. The van der Waals surface area contributed by atoms with Gasteiger partial charge in [-0.05, 0) is 30.4 Å². The molecule has 1 aliphatic heterocycles. The average Bonchev–Trinajstić information content (AvgIpc) is 3.01. The van der Waals surface area contributed by atoms with Crippen molar-refractivity contribution >= 4 is 17.4 Å². The average molecular weight is 420 g/mol. The van der Waals surface area contributed by atoms with E-state index in [4.69, 9.17) is 0 Å². The van der Waals surface area contributed by atoms with Gasteiger partial charge in [-0.3, -0.25) is 9.59 Å². The summed E-state index contributed by atoms with van der Waals surface area (Å²) in [7, 11) is 0. The van der Waals surface area contributed by atoms with Gasteiger partial charge in [-0.1, -0.05) is 94.1 Å². The van der Waals surface area contributed by atoms with Crippen LogP contribution in [0, 0.1) is 6.92 Å². The molecule has 1 saturated heterocycles. The number of aliphatic hydroxyl groups excluding tert-OH is 1. The van der Waals surface area contributed by atoms with Crippen LogP contribution in [0.4, 0.5) is 0 Å². The van der Waals surface area contributed by atoms with E-state index in [9.17, 15) is 14.7 Å². The van der Waals surface area contributed by atoms with Gasteiger partial charge in [-0.2, -0.15) is 0 Å². The predicted octanol–water partition coefficient (Wildman–Crippen LogP) is 6.12. The smallest absolute Gasteiger partial charge is 0.295 e. The van der Waals surface area contributed by atoms with Crippen LogP contribution in [-0.4, -0.2) is 28.2 Å². The summed E-state index contributed by atoms with van der Waals surface area (Å²) in [5.74, 6) is -0.844. The minimum absolute atomic E-state index is 0.104. The molecule has 31 heavy (non-hydrogen) atoms. The van der Waals surface area contributed by atoms with Gasteiger partial charge in [0.2, 0.25) is 0 Å². The molecule has 0 aliphatic carbocycles. The molecule has 0 spiro atoms. The van der Waals surface area contributed by atoms with Crippen molar-refractivity contribution in [3.05, 3.63) is 76.4 Å². The quantitative estimate of drug-likeness (QED) is 0.243. The molecule has 1 unspecified atom stereocenters. The van der Waals surface area contributed by atoms with Gasteiger partial charge >= 0.3 is 0 Å². The van der Waals surface area contributed by atoms with E-state index in [1.165, 1.54) is 5.56 Å². The summed E-state index contributed by atoms with van der Waals surface area (Å²) < 4.78 is 0. The first-order valence-electron chi connectivity index (χ1n) is 11.3. The Morgan fingerprint density at radius 1 is 0.968 bits per heavy atom. The first-order chi connectivity index (χ1) is 14.8. The first kappa shape index (κ1) is 22.8. The zero-order chi connectivity index (χ0) is 22.5. The minimum atomic E-state index is -0.605. The van der Waals surface area contributed by atoms with Crippen molar-refractivity contribution in [3.8, 4) is 0 Å². The monoisotopic (exact) mass is 419 g/mol. The lowest BCUT2D eigenvalue weighted by atomic mass is 9.93. The number of benzene rings is 2. The van der Waals surface area contributed by atoms with E-state index >= 15 is 0 Å². The summed E-state index contributed by atoms with van der Waals surface area (Å²) in [5, 5.41) is 11.1. The maximum Gasteiger partial charge on any atom is 0.295 e. The van der Waals surface area contributed by atoms with Gasteiger partial charge in [0, 0.05) is 12.1 Å². The number of amides is 1. The van der Waals surface area contributed by atoms with Gasteiger partial charge in [0.25, 0.3) is 11.7 Å². The van der Waals surface area contributed by atoms with Crippen LogP contribution in [0.5, 0.6) is 0 Å². The summed E-state index contributed by atoms with van der Waals surface area (Å²) in [6.45, 7) is 8.88. The SMILES string of the molecule is CCCCCCN1C(=O)C(=O)/C(=C(\O)c2ccc(C)cc2)C1c1ccc(C(C)C)cc1. The van der Waals surface area contributed by atoms with E-state index in [0.717, 1.165) is 36.8 Å². The van der Waals surface area contributed by atoms with Crippen molar-refractivity contribution in [2.75, 3.05) is 6.54 Å². The van der Waals surface area contributed by atoms with Gasteiger partial charge in [0.1, 0.15) is 5.76 Å². The molecular formula is C27H33NO3. The summed E-state index contributed by atoms with van der Waals surface area (Å²) in [6, 6.07) is 14.8. The van der Waals surface area contributed by atoms with Crippen molar-refractivity contribution in [1.82, 2.24) is 4.90 Å². The van der Waals surface area contributed by atoms with E-state index in [1.807, 2.05) is 43.3 Å². The number of rotatable bonds is 8. The van der Waals surface area contributed by atoms with Gasteiger partial charge in [0.05, 0.1) is 11.6 Å². The Hall–Kier alpha value is -2.88. The van der Waals surface area contributed by atoms with Crippen LogP contribution < -0.4 is 0 Å². The third-order valence-corrected chi connectivity index (χ3v) is 6.04. The highest BCUT2D eigenvalue weighted by molar-refractivity contribution is 6.46. The van der Waals surface area contributed by atoms with Crippen molar-refractivity contribution in [2.24, 2.45) is 0 Å². The molecule has 0 bridgehead atoms. The lowest BCUT2D eigenvalue weighted by Gasteiger charge is -2.25. The number of ketones is 1. The number of carbonyl (C=O) groups is 2. The van der Waals surface area contributed by atoms with Gasteiger partial charge in [-0.15, -0.1) is 0 Å². The van der Waals surface area contributed by atoms with Crippen molar-refractivity contribution in [1.29, 1.82) is 0 Å². The van der Waals surface area contributed by atoms with Crippen molar-refractivity contribution < 1.29 is 14.7 Å². The molecule has 1 atom stereocenters. The van der Waals surface area contributed by atoms with Gasteiger partial charge in [-0.25, -0.2) is 0 Å². The van der Waals surface area contributed by atoms with Crippen molar-refractivity contribution in [3.63, 3.8) is 0 Å². The number of carbonyl (C=O) groups excluding carboxylic acids is 2. The number of aliphatic hydroxyl groups is 1. The molecule has 0 aromatic heterocycles. The summed E-state index contributed by atoms with van der Waals surface area (Å²) in [5.41, 5.74) is 3.85. The van der Waals surface area contributed by atoms with E-state index in [0.29, 0.717) is 18.0 Å². The number of nitrogens with zero attached hydrogens (tertiary/aromatic N) is 1. The Balaban J connectivity index is 2.06. The molecule has 0 saturated carbocycles. The van der Waals surface area contributed by atoms with Gasteiger partial charge < -0.3 is 10.0 Å². The second-order valence-corrected chi connectivity index (χ2v) is 8.74. The predicted molar refractivity (Wildman–Crippen MR) is 125 cm³/mol. The van der Waals surface area contributed by atoms with Crippen LogP contribution >= 0.6 is 0 Å². The molecule has 3 rings (SSSR count). The summed E-state index contributed by atoms with van der Waals surface area (Å²) in [4.78, 5) is 27.6. The molecule has 1 heterocycles. The Kier molecular flexibility index (Phi) is 7.32. The summed E-state index contributed by atoms with van der Waals surface area (Å²) in [6.07, 6.45) is 4.05. The third kappa shape index (κ3) is 4.90. The lowest BCUT2D eigenvalue weighted by molar-refractivity contribution is -0.139. The van der Waals surface area contributed by atoms with E-state index in [1.54, 1.807) is 17.0 Å². The fourth-order valence-electron chi connectivity index (χ4n) is 4.10. The highest BCUT2D eigenvalue weighted by atomic mass is 16.3. The van der Waals surface area contributed by atoms with E-state index < -0.39 is 17.7 Å². The maximum atomic E-state index is 13.0. The Morgan fingerprint density at radius 3 is 2.19 bits per heavy atom. The summed E-state index contributed by atoms with van der Waals surface area (Å²) >= 11 is 0. The number of hydrogen-bond donors (Lipinski definition) is 1. The van der Waals surface area contributed by atoms with Crippen LogP contribution in [0.15, 0.2) is 54.1 Å². The number of aryl methyl sites for hydroxylation is 1. The lowest BCUT2D eigenvalue weighted by Crippen LogP contribution is -2.30. The highest BCUT2D eigenvalue weighted by Gasteiger charge is 2.45. The standard InChI is InChI=1S/C27H33NO3/c1-5-6-7-8-17-28-24(21-15-13-20(14-16-21)18(2)3)23(26(30)27(28)31)25(29)22-11-9-19(4)10-12-22/h9-16,18,24,29H,5-8,17H2,1-4H3/b25-23-. The highest BCUT2D eigenvalue weighted by Crippen LogP contribution is 2.40. The van der Waals surface area contributed by atoms with E-state index in [-0.39, 0.29) is 11.3 Å². The zero-order valence-electron chi connectivity index (χ0n) is 19.0. The molecule has 1 aliphatic rings. The van der Waals surface area contributed by atoms with Crippen LogP contribution in [0.1, 0.15) is 80.7 Å². The first-order valence-corrected chi connectivity index (χ1v) is 11.3. The second-order valence-electron chi connectivity index (χ2n) is 8.74. The maximum absolute atomic E-state index is 13.0. The Morgan fingerprint density at radius 2 is 1.61 bits per heavy atom. The molecule has 2 aromatic carbocycles. The van der Waals surface area contributed by atoms with Gasteiger partial charge in [0.15, 0.2) is 0 Å². The number of unbranched alkanes of at least 4 members (excludes halogenated alkanes) is 3. The number of hydrogen-bond acceptors (Lipinski definition) is 3. The van der Waals surface area contributed by atoms with Crippen LogP contribution in [0.2, 0.25) is 0 Å². The van der Waals surface area contributed by atoms with Crippen LogP contribution in [-0.2, 0) is 9.59 Å². The largest absolute Gasteiger partial charge is 0.507 e. The molecule has 2 aromatic rings. The molecule has 4 nitrogen and oxygen atoms in total. The normalized spacial score (nSPS) is 18.2. The Bertz CT molecular complexity index is 955. The number of Topliss-reactive ketones (excluding diaryl/α,β-unsaturated/α-hetero) is 1. The second kappa shape index (κ2) is 9.95. The minimum Gasteiger partial charge on any atom is -0.507 e. The van der Waals surface area contributed by atoms with Crippen LogP contribution in [0.25, 0.3) is 5.76 Å². The Labute approximate surface area is 185 Å². The fourth-order valence-corrected chi connectivity index (χ4v) is 4.10. The van der Waals surface area contributed by atoms with Crippen molar-refractivity contribution in [2.45, 2.75) is 65.3 Å². The molecule has 0 radical (unpaired) electrons.